The fraction of sp³-hybridized carbons (Fsp3) is 0.650. The molecule has 0 heterocycles. The van der Waals surface area contributed by atoms with Crippen molar-refractivity contribution in [1.82, 2.24) is 0 Å². The van der Waals surface area contributed by atoms with E-state index in [1.54, 1.807) is 26.8 Å². The van der Waals surface area contributed by atoms with Crippen molar-refractivity contribution >= 4 is 16.1 Å². The van der Waals surface area contributed by atoms with E-state index in [1.807, 2.05) is 6.92 Å². The quantitative estimate of drug-likeness (QED) is 0.419. The minimum atomic E-state index is -4.57. The van der Waals surface area contributed by atoms with Crippen molar-refractivity contribution in [2.75, 3.05) is 12.9 Å². The minimum absolute atomic E-state index is 0.0312. The van der Waals surface area contributed by atoms with Crippen molar-refractivity contribution in [3.05, 3.63) is 34.9 Å². The molecule has 166 valence electrons. The Morgan fingerprint density at radius 1 is 1.17 bits per heavy atom. The Bertz CT molecular complexity index is 795. The highest BCUT2D eigenvalue weighted by Crippen LogP contribution is 2.35. The number of rotatable bonds is 9. The first-order valence-corrected chi connectivity index (χ1v) is 11.2. The SMILES string of the molecule is CCC(COS(C)(=O)=O)Cc1cccc(C(F)(F)F)c1CCC(=O)OC(C)(C)C. The Kier molecular flexibility index (Phi) is 8.71. The van der Waals surface area contributed by atoms with Gasteiger partial charge in [-0.15, -0.1) is 0 Å². The van der Waals surface area contributed by atoms with Crippen LogP contribution in [0.3, 0.4) is 0 Å². The zero-order valence-electron chi connectivity index (χ0n) is 17.4. The molecule has 0 saturated carbocycles. The Morgan fingerprint density at radius 2 is 1.79 bits per heavy atom. The lowest BCUT2D eigenvalue weighted by atomic mass is 9.89. The maximum atomic E-state index is 13.5. The van der Waals surface area contributed by atoms with E-state index in [0.717, 1.165) is 12.3 Å². The molecule has 1 aromatic rings. The Hall–Kier alpha value is -1.61. The monoisotopic (exact) mass is 438 g/mol. The van der Waals surface area contributed by atoms with Crippen LogP contribution in [0.1, 0.15) is 57.2 Å². The van der Waals surface area contributed by atoms with Gasteiger partial charge in [0.15, 0.2) is 0 Å². The van der Waals surface area contributed by atoms with Crippen LogP contribution in [0.4, 0.5) is 13.2 Å². The van der Waals surface area contributed by atoms with Crippen LogP contribution in [0.15, 0.2) is 18.2 Å². The zero-order chi connectivity index (χ0) is 22.5. The van der Waals surface area contributed by atoms with Crippen LogP contribution in [-0.4, -0.2) is 32.9 Å². The zero-order valence-corrected chi connectivity index (χ0v) is 18.2. The number of ether oxygens (including phenoxy) is 1. The van der Waals surface area contributed by atoms with Crippen molar-refractivity contribution in [2.24, 2.45) is 5.92 Å². The lowest BCUT2D eigenvalue weighted by Gasteiger charge is -2.22. The summed E-state index contributed by atoms with van der Waals surface area (Å²) in [7, 11) is -3.64. The van der Waals surface area contributed by atoms with E-state index in [-0.39, 0.29) is 37.4 Å². The van der Waals surface area contributed by atoms with Crippen LogP contribution >= 0.6 is 0 Å². The molecule has 0 saturated heterocycles. The number of benzene rings is 1. The van der Waals surface area contributed by atoms with E-state index in [1.165, 1.54) is 6.07 Å². The third kappa shape index (κ3) is 9.62. The van der Waals surface area contributed by atoms with Crippen molar-refractivity contribution in [1.29, 1.82) is 0 Å². The molecule has 1 rings (SSSR count). The predicted octanol–water partition coefficient (Wildman–Crippen LogP) is 4.52. The fourth-order valence-corrected chi connectivity index (χ4v) is 3.30. The summed E-state index contributed by atoms with van der Waals surface area (Å²) < 4.78 is 73.1. The molecule has 9 heteroatoms. The molecule has 5 nitrogen and oxygen atoms in total. The van der Waals surface area contributed by atoms with Gasteiger partial charge in [-0.1, -0.05) is 25.5 Å². The van der Waals surface area contributed by atoms with Gasteiger partial charge < -0.3 is 4.74 Å². The summed E-state index contributed by atoms with van der Waals surface area (Å²) in [5, 5.41) is 0. The molecule has 0 aliphatic rings. The van der Waals surface area contributed by atoms with Gasteiger partial charge in [-0.2, -0.15) is 21.6 Å². The largest absolute Gasteiger partial charge is 0.460 e. The second kappa shape index (κ2) is 9.93. The number of carbonyl (C=O) groups excluding carboxylic acids is 1. The van der Waals surface area contributed by atoms with E-state index in [9.17, 15) is 26.4 Å². The topological polar surface area (TPSA) is 69.7 Å². The summed E-state index contributed by atoms with van der Waals surface area (Å²) >= 11 is 0. The van der Waals surface area contributed by atoms with Crippen molar-refractivity contribution in [3.8, 4) is 0 Å². The molecular formula is C20H29F3O5S. The maximum absolute atomic E-state index is 13.5. The Balaban J connectivity index is 3.11. The van der Waals surface area contributed by atoms with Crippen molar-refractivity contribution < 1.29 is 35.3 Å². The third-order valence-corrected chi connectivity index (χ3v) is 4.75. The molecule has 0 aliphatic heterocycles. The molecular weight excluding hydrogens is 409 g/mol. The molecule has 0 aromatic heterocycles. The van der Waals surface area contributed by atoms with Crippen LogP contribution in [-0.2, 0) is 42.9 Å². The van der Waals surface area contributed by atoms with E-state index >= 15 is 0 Å². The Morgan fingerprint density at radius 3 is 2.28 bits per heavy atom. The van der Waals surface area contributed by atoms with Crippen LogP contribution < -0.4 is 0 Å². The van der Waals surface area contributed by atoms with E-state index in [2.05, 4.69) is 0 Å². The van der Waals surface area contributed by atoms with Gasteiger partial charge in [-0.25, -0.2) is 0 Å². The molecule has 0 radical (unpaired) electrons. The first kappa shape index (κ1) is 25.4. The second-order valence-corrected chi connectivity index (χ2v) is 9.64. The molecule has 0 N–H and O–H groups in total. The molecule has 0 aliphatic carbocycles. The normalized spacial score (nSPS) is 13.9. The molecule has 0 spiro atoms. The van der Waals surface area contributed by atoms with E-state index in [4.69, 9.17) is 8.92 Å². The van der Waals surface area contributed by atoms with Gasteiger partial charge in [0.25, 0.3) is 10.1 Å². The highest BCUT2D eigenvalue weighted by Gasteiger charge is 2.34. The van der Waals surface area contributed by atoms with Gasteiger partial charge in [-0.3, -0.25) is 8.98 Å². The second-order valence-electron chi connectivity index (χ2n) is 7.99. The third-order valence-electron chi connectivity index (χ3n) is 4.18. The summed E-state index contributed by atoms with van der Waals surface area (Å²) in [6, 6.07) is 3.88. The predicted molar refractivity (Wildman–Crippen MR) is 104 cm³/mol. The summed E-state index contributed by atoms with van der Waals surface area (Å²) in [6.45, 7) is 6.76. The summed E-state index contributed by atoms with van der Waals surface area (Å²) in [5.74, 6) is -0.860. The van der Waals surface area contributed by atoms with Gasteiger partial charge in [-0.05, 0) is 56.7 Å². The van der Waals surface area contributed by atoms with Crippen LogP contribution in [0.5, 0.6) is 0 Å². The number of esters is 1. The fourth-order valence-electron chi connectivity index (χ4n) is 2.86. The molecule has 0 amide bonds. The van der Waals surface area contributed by atoms with Crippen molar-refractivity contribution in [2.45, 2.75) is 65.2 Å². The summed E-state index contributed by atoms with van der Waals surface area (Å²) in [5.41, 5.74) is -1.06. The molecule has 0 bridgehead atoms. The number of halogens is 3. The smallest absolute Gasteiger partial charge is 0.416 e. The first-order chi connectivity index (χ1) is 13.1. The maximum Gasteiger partial charge on any atom is 0.416 e. The molecule has 1 aromatic carbocycles. The van der Waals surface area contributed by atoms with Crippen LogP contribution in [0, 0.1) is 5.92 Å². The van der Waals surface area contributed by atoms with Crippen molar-refractivity contribution in [3.63, 3.8) is 0 Å². The highest BCUT2D eigenvalue weighted by molar-refractivity contribution is 7.85. The molecule has 1 atom stereocenters. The molecule has 29 heavy (non-hydrogen) atoms. The lowest BCUT2D eigenvalue weighted by Crippen LogP contribution is -2.24. The lowest BCUT2D eigenvalue weighted by molar-refractivity contribution is -0.155. The van der Waals surface area contributed by atoms with E-state index < -0.39 is 33.4 Å². The molecule has 1 unspecified atom stereocenters. The standard InChI is InChI=1S/C20H29F3O5S/c1-6-14(13-27-29(5,25)26)12-15-8-7-9-17(20(21,22)23)16(15)10-11-18(24)28-19(2,3)4/h7-9,14H,6,10-13H2,1-5H3. The van der Waals surface area contributed by atoms with Gasteiger partial charge >= 0.3 is 12.1 Å². The van der Waals surface area contributed by atoms with Gasteiger partial charge in [0.2, 0.25) is 0 Å². The van der Waals surface area contributed by atoms with E-state index in [0.29, 0.717) is 12.0 Å². The molecule has 0 fully saturated rings. The highest BCUT2D eigenvalue weighted by atomic mass is 32.2. The van der Waals surface area contributed by atoms with Gasteiger partial charge in [0.05, 0.1) is 18.4 Å². The number of hydrogen-bond donors (Lipinski definition) is 0. The van der Waals surface area contributed by atoms with Gasteiger partial charge in [0.1, 0.15) is 5.60 Å². The Labute approximate surface area is 170 Å². The van der Waals surface area contributed by atoms with Crippen LogP contribution in [0.2, 0.25) is 0 Å². The first-order valence-electron chi connectivity index (χ1n) is 9.36. The number of hydrogen-bond acceptors (Lipinski definition) is 5. The van der Waals surface area contributed by atoms with Gasteiger partial charge in [0, 0.05) is 6.42 Å². The van der Waals surface area contributed by atoms with Crippen LogP contribution in [0.25, 0.3) is 0 Å². The minimum Gasteiger partial charge on any atom is -0.460 e. The average Bonchev–Trinajstić information content (AvgIpc) is 2.53. The summed E-state index contributed by atoms with van der Waals surface area (Å²) in [6.07, 6.45) is -3.21. The summed E-state index contributed by atoms with van der Waals surface area (Å²) in [4.78, 5) is 12.0. The average molecular weight is 439 g/mol. The number of carbonyl (C=O) groups is 1. The number of alkyl halides is 3.